The average molecular weight is 369 g/mol. The largest absolute Gasteiger partial charge is 0.392 e. The molecule has 0 radical (unpaired) electrons. The molecule has 2 aromatic rings. The van der Waals surface area contributed by atoms with E-state index in [0.717, 1.165) is 0 Å². The summed E-state index contributed by atoms with van der Waals surface area (Å²) in [5, 5.41) is 18.6. The number of halogens is 1. The van der Waals surface area contributed by atoms with Crippen LogP contribution in [0.25, 0.3) is 11.0 Å². The van der Waals surface area contributed by atoms with Crippen molar-refractivity contribution in [2.45, 2.75) is 31.9 Å². The van der Waals surface area contributed by atoms with Crippen molar-refractivity contribution in [3.8, 4) is 0 Å². The molecule has 1 fully saturated rings. The zero-order valence-corrected chi connectivity index (χ0v) is 15.7. The molecule has 9 nitrogen and oxygen atoms in total. The van der Waals surface area contributed by atoms with Crippen molar-refractivity contribution >= 4 is 47.0 Å². The molecule has 0 bridgehead atoms. The van der Waals surface area contributed by atoms with Crippen molar-refractivity contribution in [1.29, 1.82) is 0 Å². The summed E-state index contributed by atoms with van der Waals surface area (Å²) in [7, 11) is 5.62. The second kappa shape index (κ2) is 7.83. The van der Waals surface area contributed by atoms with Crippen molar-refractivity contribution in [3.05, 3.63) is 0 Å². The van der Waals surface area contributed by atoms with Crippen LogP contribution in [-0.4, -0.2) is 64.9 Å². The third kappa shape index (κ3) is 4.10. The fourth-order valence-electron chi connectivity index (χ4n) is 2.45. The Hall–Kier alpha value is -2.13. The van der Waals surface area contributed by atoms with Gasteiger partial charge in [-0.25, -0.2) is 9.97 Å². The van der Waals surface area contributed by atoms with Gasteiger partial charge in [-0.3, -0.25) is 0 Å². The van der Waals surface area contributed by atoms with Crippen molar-refractivity contribution in [3.63, 3.8) is 0 Å². The van der Waals surface area contributed by atoms with Gasteiger partial charge in [0.25, 0.3) is 0 Å². The van der Waals surface area contributed by atoms with Crippen LogP contribution in [0.1, 0.15) is 19.8 Å². The summed E-state index contributed by atoms with van der Waals surface area (Å²) < 4.78 is 0. The Kier molecular flexibility index (Phi) is 6.02. The number of aromatic nitrogens is 4. The first-order chi connectivity index (χ1) is 11.5. The van der Waals surface area contributed by atoms with Gasteiger partial charge in [-0.1, -0.05) is 0 Å². The number of nitrogens with zero attached hydrogens (tertiary/aromatic N) is 5. The lowest BCUT2D eigenvalue weighted by atomic mass is 10.3. The van der Waals surface area contributed by atoms with Crippen molar-refractivity contribution in [1.82, 2.24) is 19.9 Å². The van der Waals surface area contributed by atoms with Crippen molar-refractivity contribution in [2.75, 3.05) is 48.5 Å². The Labute approximate surface area is 153 Å². The highest BCUT2D eigenvalue weighted by Crippen LogP contribution is 2.32. The van der Waals surface area contributed by atoms with Gasteiger partial charge in [-0.05, 0) is 19.8 Å². The number of fused-ring (bicyclic) bond motifs is 1. The quantitative estimate of drug-likeness (QED) is 0.574. The number of hydrogen-bond acceptors (Lipinski definition) is 9. The van der Waals surface area contributed by atoms with Crippen LogP contribution in [0, 0.1) is 0 Å². The predicted molar refractivity (Wildman–Crippen MR) is 103 cm³/mol. The Morgan fingerprint density at radius 2 is 1.68 bits per heavy atom. The summed E-state index contributed by atoms with van der Waals surface area (Å²) in [6, 6.07) is 0.512. The minimum atomic E-state index is -0.489. The van der Waals surface area contributed by atoms with Gasteiger partial charge in [0.05, 0.1) is 6.10 Å². The molecule has 0 aliphatic heterocycles. The van der Waals surface area contributed by atoms with E-state index in [1.165, 1.54) is 12.8 Å². The van der Waals surface area contributed by atoms with Crippen LogP contribution in [0.4, 0.5) is 23.5 Å². The Bertz CT molecular complexity index is 737. The molecule has 0 unspecified atom stereocenters. The minimum Gasteiger partial charge on any atom is -0.392 e. The summed E-state index contributed by atoms with van der Waals surface area (Å²) in [4.78, 5) is 20.3. The van der Waals surface area contributed by atoms with E-state index in [-0.39, 0.29) is 12.4 Å². The van der Waals surface area contributed by atoms with Crippen LogP contribution in [0.15, 0.2) is 0 Å². The van der Waals surface area contributed by atoms with Gasteiger partial charge in [-0.2, -0.15) is 9.97 Å². The zero-order chi connectivity index (χ0) is 17.3. The molecule has 138 valence electrons. The lowest BCUT2D eigenvalue weighted by Gasteiger charge is -2.19. The second-order valence-corrected chi connectivity index (χ2v) is 6.04. The van der Waals surface area contributed by atoms with Gasteiger partial charge >= 0.3 is 0 Å². The molecule has 4 N–H and O–H groups in total. The first kappa shape index (κ1) is 19.2. The van der Waals surface area contributed by atoms with E-state index >= 15 is 0 Å². The third-order valence-electron chi connectivity index (χ3n) is 3.97. The molecule has 3 rings (SSSR count). The predicted octanol–water partition coefficient (Wildman–Crippen LogP) is 1.32. The van der Waals surface area contributed by atoms with E-state index < -0.39 is 6.10 Å². The minimum absolute atomic E-state index is 0. The standard InChI is InChI=1S/C15H24N8O.ClH/c1-8(24)7-18-14-19-10-11(12(16-2)21-14)20-15(22-13(10)17-3)23(4)9-5-6-9;/h8-9,24H,5-7H2,1-4H3,(H,17,20,22)(H2,16,18,19,21);1H/t8-;/m1./s1. The summed E-state index contributed by atoms with van der Waals surface area (Å²) >= 11 is 0. The van der Waals surface area contributed by atoms with E-state index in [2.05, 4.69) is 40.8 Å². The van der Waals surface area contributed by atoms with Crippen LogP contribution in [0.3, 0.4) is 0 Å². The fraction of sp³-hybridized carbons (Fsp3) is 0.600. The maximum atomic E-state index is 9.43. The highest BCUT2D eigenvalue weighted by atomic mass is 35.5. The first-order valence-electron chi connectivity index (χ1n) is 8.13. The number of nitrogens with one attached hydrogen (secondary N) is 3. The summed E-state index contributed by atoms with van der Waals surface area (Å²) in [5.41, 5.74) is 1.31. The number of rotatable bonds is 7. The van der Waals surface area contributed by atoms with Gasteiger partial charge in [0.2, 0.25) is 11.9 Å². The highest BCUT2D eigenvalue weighted by molar-refractivity contribution is 5.94. The number of aliphatic hydroxyl groups is 1. The molecule has 1 saturated carbocycles. The highest BCUT2D eigenvalue weighted by Gasteiger charge is 2.29. The summed E-state index contributed by atoms with van der Waals surface area (Å²) in [6.45, 7) is 2.07. The fourth-order valence-corrected chi connectivity index (χ4v) is 2.45. The molecular formula is C15H25ClN8O. The second-order valence-electron chi connectivity index (χ2n) is 6.04. The van der Waals surface area contributed by atoms with Crippen LogP contribution in [-0.2, 0) is 0 Å². The Morgan fingerprint density at radius 1 is 1.08 bits per heavy atom. The van der Waals surface area contributed by atoms with Crippen LogP contribution >= 0.6 is 12.4 Å². The van der Waals surface area contributed by atoms with E-state index in [9.17, 15) is 5.11 Å². The molecule has 0 aromatic carbocycles. The monoisotopic (exact) mass is 368 g/mol. The summed E-state index contributed by atoms with van der Waals surface area (Å²) in [5.74, 6) is 2.37. The van der Waals surface area contributed by atoms with E-state index in [1.54, 1.807) is 14.0 Å². The molecule has 1 atom stereocenters. The zero-order valence-electron chi connectivity index (χ0n) is 14.9. The van der Waals surface area contributed by atoms with Gasteiger partial charge in [0.1, 0.15) is 11.0 Å². The maximum absolute atomic E-state index is 9.43. The lowest BCUT2D eigenvalue weighted by molar-refractivity contribution is 0.208. The van der Waals surface area contributed by atoms with Gasteiger partial charge in [0.15, 0.2) is 11.6 Å². The van der Waals surface area contributed by atoms with Crippen LogP contribution < -0.4 is 20.9 Å². The molecule has 25 heavy (non-hydrogen) atoms. The van der Waals surface area contributed by atoms with Crippen molar-refractivity contribution in [2.24, 2.45) is 0 Å². The Morgan fingerprint density at radius 3 is 2.24 bits per heavy atom. The van der Waals surface area contributed by atoms with Crippen LogP contribution in [0.5, 0.6) is 0 Å². The molecule has 2 heterocycles. The third-order valence-corrected chi connectivity index (χ3v) is 3.97. The lowest BCUT2D eigenvalue weighted by Crippen LogP contribution is -2.23. The molecule has 0 amide bonds. The first-order valence-corrected chi connectivity index (χ1v) is 8.13. The van der Waals surface area contributed by atoms with E-state index in [0.29, 0.717) is 47.2 Å². The average Bonchev–Trinajstić information content (AvgIpc) is 3.42. The number of hydrogen-bond donors (Lipinski definition) is 4. The number of anilines is 4. The maximum Gasteiger partial charge on any atom is 0.228 e. The molecule has 2 aromatic heterocycles. The van der Waals surface area contributed by atoms with Gasteiger partial charge in [-0.15, -0.1) is 12.4 Å². The van der Waals surface area contributed by atoms with Gasteiger partial charge < -0.3 is 26.0 Å². The Balaban J connectivity index is 0.00000225. The topological polar surface area (TPSA) is 111 Å². The van der Waals surface area contributed by atoms with Gasteiger partial charge in [0, 0.05) is 33.7 Å². The van der Waals surface area contributed by atoms with Crippen molar-refractivity contribution < 1.29 is 5.11 Å². The molecular weight excluding hydrogens is 344 g/mol. The summed E-state index contributed by atoms with van der Waals surface area (Å²) in [6.07, 6.45) is 1.85. The molecule has 10 heteroatoms. The molecule has 0 spiro atoms. The SMILES string of the molecule is CNc1nc(N(C)C2CC2)nc2c(NC)nc(NC[C@@H](C)O)nc12.Cl. The smallest absolute Gasteiger partial charge is 0.228 e. The van der Waals surface area contributed by atoms with Crippen LogP contribution in [0.2, 0.25) is 0 Å². The normalized spacial score (nSPS) is 14.6. The molecule has 0 saturated heterocycles. The number of aliphatic hydroxyl groups excluding tert-OH is 1. The van der Waals surface area contributed by atoms with E-state index in [4.69, 9.17) is 0 Å². The van der Waals surface area contributed by atoms with E-state index in [1.807, 2.05) is 14.1 Å². The molecule has 1 aliphatic carbocycles. The molecule has 1 aliphatic rings.